The van der Waals surface area contributed by atoms with Crippen LogP contribution in [0.5, 0.6) is 0 Å². The second-order valence-electron chi connectivity index (χ2n) is 10.4. The second kappa shape index (κ2) is 9.44. The maximum absolute atomic E-state index is 9.31. The van der Waals surface area contributed by atoms with Crippen LogP contribution in [0.2, 0.25) is 0 Å². The first-order chi connectivity index (χ1) is 26.3. The normalized spacial score (nSPS) is 15.6. The third kappa shape index (κ3) is 3.72. The summed E-state index contributed by atoms with van der Waals surface area (Å²) in [7, 11) is 0. The van der Waals surface area contributed by atoms with Crippen LogP contribution in [-0.2, 0) is 0 Å². The van der Waals surface area contributed by atoms with Crippen LogP contribution >= 0.6 is 0 Å². The van der Waals surface area contributed by atoms with Crippen molar-refractivity contribution >= 4 is 54.3 Å². The Morgan fingerprint density at radius 3 is 1.72 bits per heavy atom. The van der Waals surface area contributed by atoms with Gasteiger partial charge in [0.15, 0.2) is 0 Å². The predicted molar refractivity (Wildman–Crippen MR) is 183 cm³/mol. The van der Waals surface area contributed by atoms with Gasteiger partial charge in [0.25, 0.3) is 0 Å². The average Bonchev–Trinajstić information content (AvgIpc) is 3.59. The van der Waals surface area contributed by atoms with Crippen LogP contribution in [0.3, 0.4) is 0 Å². The van der Waals surface area contributed by atoms with Crippen molar-refractivity contribution in [2.75, 3.05) is 0 Å². The highest BCUT2D eigenvalue weighted by atomic mass is 16.3. The van der Waals surface area contributed by atoms with Gasteiger partial charge in [0.1, 0.15) is 11.2 Å². The van der Waals surface area contributed by atoms with E-state index in [0.29, 0.717) is 16.5 Å². The molecular weight excluding hydrogens is 520 g/mol. The molecule has 8 aromatic carbocycles. The van der Waals surface area contributed by atoms with E-state index in [-0.39, 0.29) is 73.4 Å². The van der Waals surface area contributed by atoms with E-state index >= 15 is 0 Å². The van der Waals surface area contributed by atoms with Crippen LogP contribution < -0.4 is 0 Å². The highest BCUT2D eigenvalue weighted by Gasteiger charge is 2.18. The fraction of sp³-hybridized carbons (Fsp3) is 0. The van der Waals surface area contributed by atoms with Crippen LogP contribution in [0.15, 0.2) is 162 Å². The molecule has 0 saturated heterocycles. The molecule has 9 rings (SSSR count). The van der Waals surface area contributed by atoms with E-state index in [9.17, 15) is 5.48 Å². The van der Waals surface area contributed by atoms with Crippen molar-refractivity contribution in [2.45, 2.75) is 0 Å². The highest BCUT2D eigenvalue weighted by Crippen LogP contribution is 2.45. The Bertz CT molecular complexity index is 3100. The summed E-state index contributed by atoms with van der Waals surface area (Å²) in [5, 5.41) is 2.77. The van der Waals surface area contributed by atoms with Gasteiger partial charge in [0.2, 0.25) is 0 Å². The van der Waals surface area contributed by atoms with Gasteiger partial charge >= 0.3 is 0 Å². The molecule has 0 aliphatic heterocycles. The van der Waals surface area contributed by atoms with Crippen molar-refractivity contribution in [3.8, 4) is 33.4 Å². The second-order valence-corrected chi connectivity index (χ2v) is 10.4. The number of benzene rings is 8. The smallest absolute Gasteiger partial charge is 0.136 e. The van der Waals surface area contributed by atoms with Crippen LogP contribution in [0.1, 0.15) is 16.4 Å². The third-order valence-electron chi connectivity index (χ3n) is 8.03. The molecule has 0 amide bonds. The van der Waals surface area contributed by atoms with Gasteiger partial charge in [-0.2, -0.15) is 0 Å². The summed E-state index contributed by atoms with van der Waals surface area (Å²) in [6, 6.07) is 20.8. The number of furan rings is 1. The lowest BCUT2D eigenvalue weighted by molar-refractivity contribution is 0.669. The maximum Gasteiger partial charge on any atom is 0.136 e. The van der Waals surface area contributed by atoms with Crippen molar-refractivity contribution in [1.29, 1.82) is 0 Å². The number of hydrogen-bond acceptors (Lipinski definition) is 1. The molecule has 0 aliphatic rings. The molecule has 9 aromatic rings. The molecule has 0 N–H and O–H groups in total. The van der Waals surface area contributed by atoms with Crippen LogP contribution in [0, 0.1) is 0 Å². The van der Waals surface area contributed by atoms with E-state index in [4.69, 9.17) is 15.4 Å². The molecule has 1 heterocycles. The molecule has 0 aliphatic carbocycles. The van der Waals surface area contributed by atoms with E-state index in [0.717, 1.165) is 21.9 Å². The minimum absolute atomic E-state index is 0.0359. The molecule has 200 valence electrons. The zero-order valence-electron chi connectivity index (χ0n) is 34.5. The van der Waals surface area contributed by atoms with Crippen LogP contribution in [0.4, 0.5) is 0 Å². The minimum Gasteiger partial charge on any atom is -0.456 e. The lowest BCUT2D eigenvalue weighted by Crippen LogP contribution is -1.91. The third-order valence-corrected chi connectivity index (χ3v) is 8.03. The zero-order chi connectivity index (χ0) is 38.8. The fourth-order valence-corrected chi connectivity index (χ4v) is 6.17. The first kappa shape index (κ1) is 15.0. The molecule has 0 radical (unpaired) electrons. The van der Waals surface area contributed by atoms with Gasteiger partial charge in [0.05, 0.1) is 16.4 Å². The number of rotatable bonds is 3. The van der Waals surface area contributed by atoms with Crippen molar-refractivity contribution < 1.29 is 20.9 Å². The summed E-state index contributed by atoms with van der Waals surface area (Å²) in [5.41, 5.74) is 2.94. The standard InChI is InChI=1S/C42H26O/c1-2-15-31-27(11-1)12-10-21-32(31)28-13-9-14-29(25-28)41-35-17-3-5-19-37(35)42(38-20-6-4-18-36(38)41)30-23-24-34-33-16-7-8-22-39(33)43-40(34)26-30/h1-26H/i3D,4D,5D,6D,7D,8D,16D,17D,18D,19D,20D,22D. The summed E-state index contributed by atoms with van der Waals surface area (Å²) in [5.74, 6) is 0. The Morgan fingerprint density at radius 2 is 0.977 bits per heavy atom. The van der Waals surface area contributed by atoms with E-state index in [2.05, 4.69) is 0 Å². The molecule has 43 heavy (non-hydrogen) atoms. The van der Waals surface area contributed by atoms with E-state index in [1.165, 1.54) is 0 Å². The minimum atomic E-state index is -0.525. The van der Waals surface area contributed by atoms with Gasteiger partial charge in [-0.3, -0.25) is 0 Å². The largest absolute Gasteiger partial charge is 0.456 e. The Balaban J connectivity index is 1.46. The van der Waals surface area contributed by atoms with Gasteiger partial charge < -0.3 is 4.42 Å². The summed E-state index contributed by atoms with van der Waals surface area (Å²) < 4.78 is 112. The number of para-hydroxylation sites is 1. The van der Waals surface area contributed by atoms with E-state index < -0.39 is 48.3 Å². The molecule has 0 unspecified atom stereocenters. The van der Waals surface area contributed by atoms with Gasteiger partial charge in [-0.15, -0.1) is 0 Å². The maximum atomic E-state index is 9.31. The average molecular weight is 559 g/mol. The lowest BCUT2D eigenvalue weighted by atomic mass is 9.85. The molecule has 0 atom stereocenters. The number of fused-ring (bicyclic) bond motifs is 6. The Labute approximate surface area is 266 Å². The van der Waals surface area contributed by atoms with Crippen molar-refractivity contribution in [1.82, 2.24) is 0 Å². The summed E-state index contributed by atoms with van der Waals surface area (Å²) in [4.78, 5) is 0. The molecule has 0 saturated carbocycles. The zero-order valence-corrected chi connectivity index (χ0v) is 22.5. The van der Waals surface area contributed by atoms with Crippen LogP contribution in [0.25, 0.3) is 87.6 Å². The SMILES string of the molecule is [2H]c1c([2H])c([2H])c2c(oc3cc(-c4c5c([2H])c([2H])c([2H])c([2H])c5c(-c5cccc(-c6cccc7ccccc67)c5)c5c([2H])c([2H])c([2H])c([2H])c45)ccc32)c1[2H]. The van der Waals surface area contributed by atoms with Gasteiger partial charge in [-0.05, 0) is 89.9 Å². The summed E-state index contributed by atoms with van der Waals surface area (Å²) >= 11 is 0. The Kier molecular flexibility index (Phi) is 3.29. The summed E-state index contributed by atoms with van der Waals surface area (Å²) in [6.07, 6.45) is 0. The predicted octanol–water partition coefficient (Wildman–Crippen LogP) is 12.0. The molecular formula is C42H26O. The fourth-order valence-electron chi connectivity index (χ4n) is 6.17. The van der Waals surface area contributed by atoms with Crippen molar-refractivity contribution in [3.63, 3.8) is 0 Å². The molecule has 1 nitrogen and oxygen atoms in total. The molecule has 0 fully saturated rings. The first-order valence-corrected chi connectivity index (χ1v) is 13.8. The van der Waals surface area contributed by atoms with Crippen molar-refractivity contribution in [2.24, 2.45) is 0 Å². The Morgan fingerprint density at radius 1 is 0.395 bits per heavy atom. The Hall–Kier alpha value is -5.66. The van der Waals surface area contributed by atoms with Gasteiger partial charge in [-0.1, -0.05) is 133 Å². The van der Waals surface area contributed by atoms with Gasteiger partial charge in [0, 0.05) is 10.8 Å². The lowest BCUT2D eigenvalue weighted by Gasteiger charge is -2.18. The van der Waals surface area contributed by atoms with Crippen LogP contribution in [-0.4, -0.2) is 0 Å². The van der Waals surface area contributed by atoms with E-state index in [1.54, 1.807) is 24.3 Å². The molecule has 0 spiro atoms. The van der Waals surface area contributed by atoms with Crippen molar-refractivity contribution in [3.05, 3.63) is 157 Å². The quantitative estimate of drug-likeness (QED) is 0.197. The van der Waals surface area contributed by atoms with Gasteiger partial charge in [-0.25, -0.2) is 0 Å². The summed E-state index contributed by atoms with van der Waals surface area (Å²) in [6.45, 7) is 0. The number of hydrogen-bond donors (Lipinski definition) is 0. The molecule has 0 bridgehead atoms. The molecule has 1 heteroatoms. The first-order valence-electron chi connectivity index (χ1n) is 19.8. The topological polar surface area (TPSA) is 13.1 Å². The highest BCUT2D eigenvalue weighted by molar-refractivity contribution is 6.22. The van der Waals surface area contributed by atoms with E-state index in [1.807, 2.05) is 60.7 Å². The monoisotopic (exact) mass is 558 g/mol. The molecule has 1 aromatic heterocycles.